The van der Waals surface area contributed by atoms with Crippen LogP contribution in [0, 0.1) is 6.92 Å². The minimum atomic E-state index is -0.0947. The third-order valence-electron chi connectivity index (χ3n) is 3.88. The first kappa shape index (κ1) is 15.7. The van der Waals surface area contributed by atoms with E-state index < -0.39 is 0 Å². The zero-order chi connectivity index (χ0) is 16.1. The fourth-order valence-electron chi connectivity index (χ4n) is 2.67. The van der Waals surface area contributed by atoms with Gasteiger partial charge >= 0.3 is 0 Å². The van der Waals surface area contributed by atoms with E-state index in [1.165, 1.54) is 0 Å². The zero-order valence-electron chi connectivity index (χ0n) is 13.4. The van der Waals surface area contributed by atoms with E-state index in [0.717, 1.165) is 44.2 Å². The summed E-state index contributed by atoms with van der Waals surface area (Å²) in [5.74, 6) is -0.0947. The summed E-state index contributed by atoms with van der Waals surface area (Å²) in [5.41, 5.74) is 2.28. The summed E-state index contributed by atoms with van der Waals surface area (Å²) in [6, 6.07) is 11.5. The molecule has 0 unspecified atom stereocenters. The normalized spacial score (nSPS) is 15.5. The van der Waals surface area contributed by atoms with Crippen LogP contribution in [0.5, 0.6) is 0 Å². The summed E-state index contributed by atoms with van der Waals surface area (Å²) in [4.78, 5) is 14.8. The molecular weight excluding hydrogens is 292 g/mol. The molecule has 1 fully saturated rings. The van der Waals surface area contributed by atoms with Crippen LogP contribution in [0.15, 0.2) is 36.4 Å². The number of aromatic nitrogens is 2. The van der Waals surface area contributed by atoms with E-state index in [2.05, 4.69) is 15.3 Å². The van der Waals surface area contributed by atoms with Crippen LogP contribution in [0.3, 0.4) is 0 Å². The Balaban J connectivity index is 1.63. The predicted octanol–water partition coefficient (Wildman–Crippen LogP) is 1.24. The van der Waals surface area contributed by atoms with Gasteiger partial charge in [-0.3, -0.25) is 9.69 Å². The Morgan fingerprint density at radius 2 is 2.00 bits per heavy atom. The van der Waals surface area contributed by atoms with Gasteiger partial charge < -0.3 is 10.1 Å². The summed E-state index contributed by atoms with van der Waals surface area (Å²) in [6.07, 6.45) is 0. The number of hydrogen-bond acceptors (Lipinski definition) is 4. The smallest absolute Gasteiger partial charge is 0.270 e. The molecule has 1 aromatic heterocycles. The van der Waals surface area contributed by atoms with Gasteiger partial charge in [0.2, 0.25) is 0 Å². The Morgan fingerprint density at radius 3 is 2.74 bits per heavy atom. The molecule has 1 aliphatic rings. The van der Waals surface area contributed by atoms with Gasteiger partial charge in [-0.05, 0) is 25.1 Å². The van der Waals surface area contributed by atoms with Crippen molar-refractivity contribution in [1.82, 2.24) is 20.0 Å². The highest BCUT2D eigenvalue weighted by Gasteiger charge is 2.16. The van der Waals surface area contributed by atoms with Gasteiger partial charge in [-0.1, -0.05) is 18.2 Å². The van der Waals surface area contributed by atoms with E-state index in [9.17, 15) is 4.79 Å². The monoisotopic (exact) mass is 314 g/mol. The number of para-hydroxylation sites is 1. The summed E-state index contributed by atoms with van der Waals surface area (Å²) in [7, 11) is 0. The van der Waals surface area contributed by atoms with Gasteiger partial charge in [-0.2, -0.15) is 5.10 Å². The number of nitrogens with one attached hydrogen (secondary N) is 1. The Kier molecular flexibility index (Phi) is 5.05. The van der Waals surface area contributed by atoms with Crippen LogP contribution < -0.4 is 5.32 Å². The van der Waals surface area contributed by atoms with Crippen molar-refractivity contribution in [2.75, 3.05) is 39.4 Å². The molecule has 0 bridgehead atoms. The van der Waals surface area contributed by atoms with Crippen molar-refractivity contribution in [1.29, 1.82) is 0 Å². The molecule has 1 aromatic carbocycles. The number of ether oxygens (including phenoxy) is 1. The first-order valence-electron chi connectivity index (χ1n) is 7.94. The maximum atomic E-state index is 12.5. The maximum Gasteiger partial charge on any atom is 0.270 e. The quantitative estimate of drug-likeness (QED) is 0.902. The molecule has 1 amide bonds. The second-order valence-corrected chi connectivity index (χ2v) is 5.63. The fraction of sp³-hybridized carbons (Fsp3) is 0.412. The SMILES string of the molecule is Cc1cc(C(=O)NCCN2CCOCC2)n(-c2ccccc2)n1. The van der Waals surface area contributed by atoms with Crippen LogP contribution in [-0.4, -0.2) is 60.0 Å². The summed E-state index contributed by atoms with van der Waals surface area (Å²) >= 11 is 0. The molecule has 0 aliphatic carbocycles. The summed E-state index contributed by atoms with van der Waals surface area (Å²) in [6.45, 7) is 6.76. The lowest BCUT2D eigenvalue weighted by molar-refractivity contribution is 0.0383. The van der Waals surface area contributed by atoms with E-state index in [1.807, 2.05) is 43.3 Å². The molecular formula is C17H22N4O2. The minimum absolute atomic E-state index is 0.0947. The number of rotatable bonds is 5. The lowest BCUT2D eigenvalue weighted by Crippen LogP contribution is -2.41. The predicted molar refractivity (Wildman–Crippen MR) is 87.9 cm³/mol. The van der Waals surface area contributed by atoms with Crippen molar-refractivity contribution in [3.05, 3.63) is 47.8 Å². The highest BCUT2D eigenvalue weighted by atomic mass is 16.5. The van der Waals surface area contributed by atoms with Crippen molar-refractivity contribution in [2.45, 2.75) is 6.92 Å². The number of benzene rings is 1. The average Bonchev–Trinajstić information content (AvgIpc) is 2.98. The third kappa shape index (κ3) is 3.97. The number of carbonyl (C=O) groups excluding carboxylic acids is 1. The van der Waals surface area contributed by atoms with Gasteiger partial charge in [0.05, 0.1) is 24.6 Å². The lowest BCUT2D eigenvalue weighted by atomic mass is 10.3. The standard InChI is InChI=1S/C17H22N4O2/c1-14-13-16(21(19-14)15-5-3-2-4-6-15)17(22)18-7-8-20-9-11-23-12-10-20/h2-6,13H,7-12H2,1H3,(H,18,22). The molecule has 2 aromatic rings. The van der Waals surface area contributed by atoms with E-state index >= 15 is 0 Å². The number of carbonyl (C=O) groups is 1. The Bertz CT molecular complexity index is 648. The van der Waals surface area contributed by atoms with Crippen LogP contribution in [0.2, 0.25) is 0 Å². The zero-order valence-corrected chi connectivity index (χ0v) is 13.4. The molecule has 1 N–H and O–H groups in total. The molecule has 0 saturated carbocycles. The van der Waals surface area contributed by atoms with E-state index in [1.54, 1.807) is 4.68 Å². The van der Waals surface area contributed by atoms with Crippen molar-refractivity contribution >= 4 is 5.91 Å². The second kappa shape index (κ2) is 7.39. The second-order valence-electron chi connectivity index (χ2n) is 5.63. The number of hydrogen-bond donors (Lipinski definition) is 1. The van der Waals surface area contributed by atoms with Gasteiger partial charge in [0, 0.05) is 26.2 Å². The molecule has 6 nitrogen and oxygen atoms in total. The van der Waals surface area contributed by atoms with E-state index in [-0.39, 0.29) is 5.91 Å². The van der Waals surface area contributed by atoms with Crippen molar-refractivity contribution in [3.8, 4) is 5.69 Å². The van der Waals surface area contributed by atoms with Gasteiger partial charge in [-0.25, -0.2) is 4.68 Å². The van der Waals surface area contributed by atoms with Crippen LogP contribution in [-0.2, 0) is 4.74 Å². The van der Waals surface area contributed by atoms with Crippen LogP contribution in [0.4, 0.5) is 0 Å². The maximum absolute atomic E-state index is 12.5. The molecule has 6 heteroatoms. The van der Waals surface area contributed by atoms with Crippen molar-refractivity contribution in [3.63, 3.8) is 0 Å². The summed E-state index contributed by atoms with van der Waals surface area (Å²) in [5, 5.41) is 7.42. The highest BCUT2D eigenvalue weighted by Crippen LogP contribution is 2.12. The van der Waals surface area contributed by atoms with Gasteiger partial charge in [0.15, 0.2) is 0 Å². The van der Waals surface area contributed by atoms with Crippen LogP contribution in [0.25, 0.3) is 5.69 Å². The first-order valence-corrected chi connectivity index (χ1v) is 7.94. The molecule has 3 rings (SSSR count). The van der Waals surface area contributed by atoms with E-state index in [0.29, 0.717) is 12.2 Å². The molecule has 1 aliphatic heterocycles. The van der Waals surface area contributed by atoms with Crippen molar-refractivity contribution < 1.29 is 9.53 Å². The third-order valence-corrected chi connectivity index (χ3v) is 3.88. The molecule has 0 atom stereocenters. The molecule has 2 heterocycles. The highest BCUT2D eigenvalue weighted by molar-refractivity contribution is 5.93. The Hall–Kier alpha value is -2.18. The van der Waals surface area contributed by atoms with Gasteiger partial charge in [0.25, 0.3) is 5.91 Å². The Labute approximate surface area is 136 Å². The lowest BCUT2D eigenvalue weighted by Gasteiger charge is -2.26. The van der Waals surface area contributed by atoms with Crippen LogP contribution in [0.1, 0.15) is 16.2 Å². The number of nitrogens with zero attached hydrogens (tertiary/aromatic N) is 3. The molecule has 0 radical (unpaired) electrons. The molecule has 23 heavy (non-hydrogen) atoms. The summed E-state index contributed by atoms with van der Waals surface area (Å²) < 4.78 is 7.02. The topological polar surface area (TPSA) is 59.4 Å². The number of morpholine rings is 1. The number of aryl methyl sites for hydroxylation is 1. The van der Waals surface area contributed by atoms with E-state index in [4.69, 9.17) is 4.74 Å². The van der Waals surface area contributed by atoms with Crippen molar-refractivity contribution in [2.24, 2.45) is 0 Å². The first-order chi connectivity index (χ1) is 11.2. The largest absolute Gasteiger partial charge is 0.379 e. The van der Waals surface area contributed by atoms with Gasteiger partial charge in [-0.15, -0.1) is 0 Å². The molecule has 122 valence electrons. The fourth-order valence-corrected chi connectivity index (χ4v) is 2.67. The van der Waals surface area contributed by atoms with Crippen LogP contribution >= 0.6 is 0 Å². The number of amides is 1. The average molecular weight is 314 g/mol. The molecule has 1 saturated heterocycles. The minimum Gasteiger partial charge on any atom is -0.379 e. The molecule has 0 spiro atoms. The van der Waals surface area contributed by atoms with Gasteiger partial charge in [0.1, 0.15) is 5.69 Å². The Morgan fingerprint density at radius 1 is 1.26 bits per heavy atom.